The highest BCUT2D eigenvalue weighted by Gasteiger charge is 2.23. The van der Waals surface area contributed by atoms with Crippen LogP contribution in [0.4, 0.5) is 5.00 Å². The Morgan fingerprint density at radius 3 is 2.93 bits per heavy atom. The average Bonchev–Trinajstić information content (AvgIpc) is 3.28. The quantitative estimate of drug-likeness (QED) is 0.517. The summed E-state index contributed by atoms with van der Waals surface area (Å²) in [6.45, 7) is 0. The zero-order valence-corrected chi connectivity index (χ0v) is 16.1. The molecule has 0 saturated carbocycles. The lowest BCUT2D eigenvalue weighted by Crippen LogP contribution is -2.14. The van der Waals surface area contributed by atoms with Crippen LogP contribution in [0.1, 0.15) is 22.4 Å². The summed E-state index contributed by atoms with van der Waals surface area (Å²) >= 11 is 2.89. The maximum atomic E-state index is 12.4. The zero-order valence-electron chi connectivity index (χ0n) is 14.4. The van der Waals surface area contributed by atoms with E-state index < -0.39 is 0 Å². The Morgan fingerprint density at radius 1 is 1.26 bits per heavy atom. The summed E-state index contributed by atoms with van der Waals surface area (Å²) in [6, 6.07) is 14.0. The van der Waals surface area contributed by atoms with Crippen LogP contribution in [0.2, 0.25) is 0 Å². The minimum absolute atomic E-state index is 0.128. The number of nitrogens with zero attached hydrogens (tertiary/aromatic N) is 3. The van der Waals surface area contributed by atoms with Gasteiger partial charge >= 0.3 is 0 Å². The van der Waals surface area contributed by atoms with Crippen LogP contribution in [-0.4, -0.2) is 21.6 Å². The number of rotatable bonds is 5. The second-order valence-electron chi connectivity index (χ2n) is 6.12. The molecule has 3 aromatic rings. The van der Waals surface area contributed by atoms with Crippen molar-refractivity contribution in [2.24, 2.45) is 0 Å². The van der Waals surface area contributed by atoms with E-state index in [4.69, 9.17) is 0 Å². The van der Waals surface area contributed by atoms with Crippen molar-refractivity contribution >= 4 is 34.0 Å². The molecular formula is C20H16N4OS2. The molecule has 1 N–H and O–H groups in total. The number of hydrogen-bond donors (Lipinski definition) is 1. The predicted molar refractivity (Wildman–Crippen MR) is 108 cm³/mol. The first kappa shape index (κ1) is 17.7. The standard InChI is InChI=1S/C20H16N4OS2/c21-10-15-14-7-4-8-17(14)27-20(15)24-18(25)11-26-19-9-16(22-12-23-19)13-5-2-1-3-6-13/h1-3,5-6,9,12H,4,7-8,11H2,(H,24,25). The minimum atomic E-state index is -0.128. The molecule has 0 atom stereocenters. The van der Waals surface area contributed by atoms with Crippen molar-refractivity contribution in [3.63, 3.8) is 0 Å². The Kier molecular flexibility index (Phi) is 5.19. The van der Waals surface area contributed by atoms with Gasteiger partial charge in [0.15, 0.2) is 0 Å². The van der Waals surface area contributed by atoms with Gasteiger partial charge in [-0.15, -0.1) is 11.3 Å². The van der Waals surface area contributed by atoms with Crippen molar-refractivity contribution in [2.45, 2.75) is 24.3 Å². The van der Waals surface area contributed by atoms with E-state index in [0.29, 0.717) is 10.6 Å². The number of anilines is 1. The van der Waals surface area contributed by atoms with Gasteiger partial charge in [-0.05, 0) is 30.9 Å². The summed E-state index contributed by atoms with van der Waals surface area (Å²) in [6.07, 6.45) is 4.54. The third-order valence-corrected chi connectivity index (χ3v) is 6.48. The molecule has 1 aromatic carbocycles. The lowest BCUT2D eigenvalue weighted by atomic mass is 10.1. The molecule has 0 saturated heterocycles. The van der Waals surface area contributed by atoms with Crippen LogP contribution in [0.5, 0.6) is 0 Å². The molecule has 0 spiro atoms. The number of benzene rings is 1. The average molecular weight is 393 g/mol. The number of fused-ring (bicyclic) bond motifs is 1. The molecule has 0 fully saturated rings. The number of thioether (sulfide) groups is 1. The molecule has 0 unspecified atom stereocenters. The predicted octanol–water partition coefficient (Wildman–Crippen LogP) is 4.30. The number of hydrogen-bond acceptors (Lipinski definition) is 6. The number of carbonyl (C=O) groups excluding carboxylic acids is 1. The first-order chi connectivity index (χ1) is 13.2. The summed E-state index contributed by atoms with van der Waals surface area (Å²) in [7, 11) is 0. The first-order valence-electron chi connectivity index (χ1n) is 8.59. The van der Waals surface area contributed by atoms with Gasteiger partial charge in [0.1, 0.15) is 22.4 Å². The Bertz CT molecular complexity index is 1020. The summed E-state index contributed by atoms with van der Waals surface area (Å²) in [5, 5.41) is 13.7. The SMILES string of the molecule is N#Cc1c(NC(=O)CSc2cc(-c3ccccc3)ncn2)sc2c1CCC2. The van der Waals surface area contributed by atoms with Crippen LogP contribution in [0.15, 0.2) is 47.8 Å². The molecule has 0 radical (unpaired) electrons. The largest absolute Gasteiger partial charge is 0.316 e. The summed E-state index contributed by atoms with van der Waals surface area (Å²) < 4.78 is 0. The van der Waals surface area contributed by atoms with E-state index >= 15 is 0 Å². The van der Waals surface area contributed by atoms with Crippen LogP contribution in [0.3, 0.4) is 0 Å². The van der Waals surface area contributed by atoms with E-state index in [2.05, 4.69) is 21.4 Å². The van der Waals surface area contributed by atoms with Crippen molar-refractivity contribution in [1.29, 1.82) is 5.26 Å². The van der Waals surface area contributed by atoms with E-state index in [1.54, 1.807) is 0 Å². The van der Waals surface area contributed by atoms with E-state index in [9.17, 15) is 10.1 Å². The minimum Gasteiger partial charge on any atom is -0.316 e. The number of amides is 1. The molecule has 4 rings (SSSR count). The summed E-state index contributed by atoms with van der Waals surface area (Å²) in [5.41, 5.74) is 3.60. The smallest absolute Gasteiger partial charge is 0.235 e. The Labute approximate surface area is 165 Å². The number of thiophene rings is 1. The van der Waals surface area contributed by atoms with Crippen molar-refractivity contribution in [2.75, 3.05) is 11.1 Å². The van der Waals surface area contributed by atoms with Gasteiger partial charge in [-0.1, -0.05) is 42.1 Å². The van der Waals surface area contributed by atoms with Crippen molar-refractivity contribution < 1.29 is 4.79 Å². The van der Waals surface area contributed by atoms with Gasteiger partial charge in [0, 0.05) is 10.4 Å². The van der Waals surface area contributed by atoms with Gasteiger partial charge in [-0.25, -0.2) is 9.97 Å². The second-order valence-corrected chi connectivity index (χ2v) is 8.22. The van der Waals surface area contributed by atoms with Gasteiger partial charge in [-0.3, -0.25) is 4.79 Å². The highest BCUT2D eigenvalue weighted by Crippen LogP contribution is 2.38. The molecule has 0 aliphatic heterocycles. The number of aromatic nitrogens is 2. The van der Waals surface area contributed by atoms with Crippen LogP contribution in [0, 0.1) is 11.3 Å². The molecule has 7 heteroatoms. The van der Waals surface area contributed by atoms with E-state index in [-0.39, 0.29) is 11.7 Å². The maximum Gasteiger partial charge on any atom is 0.235 e. The third kappa shape index (κ3) is 3.87. The molecular weight excluding hydrogens is 376 g/mol. The topological polar surface area (TPSA) is 78.7 Å². The monoisotopic (exact) mass is 392 g/mol. The molecule has 2 heterocycles. The van der Waals surface area contributed by atoms with Crippen molar-refractivity contribution in [1.82, 2.24) is 9.97 Å². The van der Waals surface area contributed by atoms with Gasteiger partial charge < -0.3 is 5.32 Å². The third-order valence-electron chi connectivity index (χ3n) is 4.35. The lowest BCUT2D eigenvalue weighted by molar-refractivity contribution is -0.113. The number of aryl methyl sites for hydroxylation is 1. The molecule has 1 amide bonds. The van der Waals surface area contributed by atoms with Gasteiger partial charge in [0.2, 0.25) is 5.91 Å². The van der Waals surface area contributed by atoms with Crippen LogP contribution < -0.4 is 5.32 Å². The highest BCUT2D eigenvalue weighted by molar-refractivity contribution is 7.99. The Hall–Kier alpha value is -2.69. The number of carbonyl (C=O) groups is 1. The molecule has 27 heavy (non-hydrogen) atoms. The van der Waals surface area contributed by atoms with Gasteiger partial charge in [-0.2, -0.15) is 5.26 Å². The van der Waals surface area contributed by atoms with Crippen LogP contribution in [0.25, 0.3) is 11.3 Å². The van der Waals surface area contributed by atoms with Crippen molar-refractivity contribution in [3.8, 4) is 17.3 Å². The van der Waals surface area contributed by atoms with E-state index in [1.165, 1.54) is 34.3 Å². The fourth-order valence-corrected chi connectivity index (χ4v) is 5.02. The lowest BCUT2D eigenvalue weighted by Gasteiger charge is -2.05. The fourth-order valence-electron chi connectivity index (χ4n) is 3.10. The molecule has 1 aliphatic carbocycles. The second kappa shape index (κ2) is 7.91. The normalized spacial score (nSPS) is 12.4. The van der Waals surface area contributed by atoms with Crippen molar-refractivity contribution in [3.05, 3.63) is 58.7 Å². The number of nitrogens with one attached hydrogen (secondary N) is 1. The van der Waals surface area contributed by atoms with Crippen LogP contribution in [-0.2, 0) is 17.6 Å². The van der Waals surface area contributed by atoms with Gasteiger partial charge in [0.05, 0.1) is 17.0 Å². The highest BCUT2D eigenvalue weighted by atomic mass is 32.2. The number of nitriles is 1. The summed E-state index contributed by atoms with van der Waals surface area (Å²) in [4.78, 5) is 22.1. The molecule has 134 valence electrons. The Morgan fingerprint density at radius 2 is 2.11 bits per heavy atom. The molecule has 5 nitrogen and oxygen atoms in total. The molecule has 1 aliphatic rings. The molecule has 2 aromatic heterocycles. The zero-order chi connectivity index (χ0) is 18.6. The Balaban J connectivity index is 1.41. The van der Waals surface area contributed by atoms with E-state index in [1.807, 2.05) is 36.4 Å². The fraction of sp³-hybridized carbons (Fsp3) is 0.200. The maximum absolute atomic E-state index is 12.4. The molecule has 0 bridgehead atoms. The first-order valence-corrected chi connectivity index (χ1v) is 10.4. The summed E-state index contributed by atoms with van der Waals surface area (Å²) in [5.74, 6) is 0.106. The van der Waals surface area contributed by atoms with E-state index in [0.717, 1.165) is 41.1 Å². The van der Waals surface area contributed by atoms with Crippen LogP contribution >= 0.6 is 23.1 Å². The van der Waals surface area contributed by atoms with Gasteiger partial charge in [0.25, 0.3) is 0 Å².